The molecule has 0 aromatic heterocycles. The molecule has 0 spiro atoms. The van der Waals surface area contributed by atoms with Gasteiger partial charge in [-0.25, -0.2) is 0 Å². The maximum absolute atomic E-state index is 14.3. The van der Waals surface area contributed by atoms with Crippen molar-refractivity contribution >= 4 is 35.7 Å². The number of carbonyl (C=O) groups excluding carboxylic acids is 6. The van der Waals surface area contributed by atoms with Gasteiger partial charge < -0.3 is 38.8 Å². The number of unbranched alkanes of at least 4 members (excludes halogenated alkanes) is 1. The Bertz CT molecular complexity index is 2110. The molecule has 14 heteroatoms. The third-order valence-electron chi connectivity index (χ3n) is 17.6. The van der Waals surface area contributed by atoms with Gasteiger partial charge in [-0.3, -0.25) is 28.8 Å². The van der Waals surface area contributed by atoms with E-state index < -0.39 is 0 Å². The second-order valence-electron chi connectivity index (χ2n) is 26.2. The molecule has 0 aromatic carbocycles. The van der Waals surface area contributed by atoms with Gasteiger partial charge in [-0.15, -0.1) is 0 Å². The predicted molar refractivity (Wildman–Crippen MR) is 354 cm³/mol. The standard InChI is InChI=1S/C74H117N3O11/c1-57(2)19-11-23-61-27-35-65(36-28-61)71(81)85-53-15-46-76(47-16-54-86-72(82)66-37-29-62(30-38-66)24-12-20-58(3)4)69(79)43-50-75(45-9-10-52-78)51-44-70(80)77(48-17-55-87-73(83)67-39-31-63(32-40-67)25-13-21-59(5)6)49-18-56-88-74(84)68-41-33-64(34-42-68)26-14-22-60(7)8/h19-22,27,29,31,33,65-68,78H,9-18,23-26,28,30,32,34-56H2,1-8H3. The smallest absolute Gasteiger partial charge is 0.309 e. The Morgan fingerprint density at radius 1 is 0.398 bits per heavy atom. The van der Waals surface area contributed by atoms with E-state index in [0.717, 1.165) is 103 Å². The van der Waals surface area contributed by atoms with Gasteiger partial charge in [0.1, 0.15) is 0 Å². The fourth-order valence-corrected chi connectivity index (χ4v) is 12.0. The third-order valence-corrected chi connectivity index (χ3v) is 17.6. The lowest BCUT2D eigenvalue weighted by molar-refractivity contribution is -0.150. The summed E-state index contributed by atoms with van der Waals surface area (Å²) in [7, 11) is 0. The molecule has 4 atom stereocenters. The molecule has 4 unspecified atom stereocenters. The van der Waals surface area contributed by atoms with Crippen molar-refractivity contribution in [3.63, 3.8) is 0 Å². The number of carbonyl (C=O) groups is 6. The molecule has 4 aliphatic carbocycles. The largest absolute Gasteiger partial charge is 0.465 e. The predicted octanol–water partition coefficient (Wildman–Crippen LogP) is 15.1. The number of hydrogen-bond acceptors (Lipinski definition) is 12. The highest BCUT2D eigenvalue weighted by Gasteiger charge is 2.28. The van der Waals surface area contributed by atoms with Gasteiger partial charge in [0.05, 0.1) is 50.1 Å². The minimum Gasteiger partial charge on any atom is -0.465 e. The summed E-state index contributed by atoms with van der Waals surface area (Å²) in [5.41, 5.74) is 10.8. The summed E-state index contributed by atoms with van der Waals surface area (Å²) < 4.78 is 23.2. The lowest BCUT2D eigenvalue weighted by Crippen LogP contribution is -2.39. The summed E-state index contributed by atoms with van der Waals surface area (Å²) in [5.74, 6) is -1.60. The van der Waals surface area contributed by atoms with E-state index in [0.29, 0.717) is 110 Å². The monoisotopic (exact) mass is 1220 g/mol. The first-order valence-electron chi connectivity index (χ1n) is 34.2. The maximum atomic E-state index is 14.3. The van der Waals surface area contributed by atoms with Crippen LogP contribution in [-0.2, 0) is 47.7 Å². The van der Waals surface area contributed by atoms with Crippen LogP contribution in [0.5, 0.6) is 0 Å². The number of rotatable bonds is 42. The van der Waals surface area contributed by atoms with Crippen molar-refractivity contribution < 1.29 is 52.8 Å². The van der Waals surface area contributed by atoms with Gasteiger partial charge in [0.15, 0.2) is 0 Å². The number of esters is 4. The Labute approximate surface area is 531 Å². The summed E-state index contributed by atoms with van der Waals surface area (Å²) in [5, 5.41) is 9.74. The molecular weight excluding hydrogens is 1110 g/mol. The molecule has 0 heterocycles. The van der Waals surface area contributed by atoms with Crippen LogP contribution in [0.15, 0.2) is 93.2 Å². The molecule has 0 saturated carbocycles. The van der Waals surface area contributed by atoms with Crippen molar-refractivity contribution in [1.82, 2.24) is 14.7 Å². The Morgan fingerprint density at radius 3 is 0.898 bits per heavy atom. The van der Waals surface area contributed by atoms with E-state index in [9.17, 15) is 33.9 Å². The van der Waals surface area contributed by atoms with Crippen molar-refractivity contribution in [3.05, 3.63) is 93.2 Å². The fraction of sp³-hybridized carbons (Fsp3) is 0.703. The first kappa shape index (κ1) is 75.1. The van der Waals surface area contributed by atoms with E-state index in [1.807, 2.05) is 0 Å². The fourth-order valence-electron chi connectivity index (χ4n) is 12.0. The Hall–Kier alpha value is -5.34. The normalized spacial score (nSPS) is 18.3. The number of allylic oxidation sites excluding steroid dienone is 16. The number of nitrogens with zero attached hydrogens (tertiary/aromatic N) is 3. The van der Waals surface area contributed by atoms with E-state index in [1.54, 1.807) is 9.80 Å². The average molecular weight is 1220 g/mol. The topological polar surface area (TPSA) is 169 Å². The van der Waals surface area contributed by atoms with Gasteiger partial charge in [-0.2, -0.15) is 0 Å². The van der Waals surface area contributed by atoms with E-state index in [2.05, 4.69) is 109 Å². The third kappa shape index (κ3) is 32.4. The average Bonchev–Trinajstić information content (AvgIpc) is 3.52. The Morgan fingerprint density at radius 2 is 0.670 bits per heavy atom. The second-order valence-corrected chi connectivity index (χ2v) is 26.2. The highest BCUT2D eigenvalue weighted by Crippen LogP contribution is 2.31. The minimum atomic E-state index is -0.194. The van der Waals surface area contributed by atoms with E-state index in [-0.39, 0.29) is 105 Å². The van der Waals surface area contributed by atoms with Crippen LogP contribution in [0.3, 0.4) is 0 Å². The van der Waals surface area contributed by atoms with Gasteiger partial charge in [-0.05, 0) is 229 Å². The van der Waals surface area contributed by atoms with Gasteiger partial charge in [0, 0.05) is 58.7 Å². The number of aliphatic hydroxyl groups excluding tert-OH is 1. The molecule has 1 N–H and O–H groups in total. The van der Waals surface area contributed by atoms with E-state index in [4.69, 9.17) is 18.9 Å². The number of ether oxygens (including phenoxy) is 4. The zero-order chi connectivity index (χ0) is 63.9. The summed E-state index contributed by atoms with van der Waals surface area (Å²) in [6.07, 6.45) is 38.8. The van der Waals surface area contributed by atoms with Crippen LogP contribution in [-0.4, -0.2) is 134 Å². The molecule has 0 fully saturated rings. The summed E-state index contributed by atoms with van der Waals surface area (Å²) in [4.78, 5) is 87.1. The molecule has 4 aliphatic rings. The van der Waals surface area contributed by atoms with Crippen LogP contribution < -0.4 is 0 Å². The van der Waals surface area contributed by atoms with Crippen molar-refractivity contribution in [2.45, 2.75) is 235 Å². The minimum absolute atomic E-state index is 0.0336. The molecule has 0 radical (unpaired) electrons. The van der Waals surface area contributed by atoms with Crippen molar-refractivity contribution in [1.29, 1.82) is 0 Å². The highest BCUT2D eigenvalue weighted by molar-refractivity contribution is 5.77. The molecule has 494 valence electrons. The number of hydrogen-bond donors (Lipinski definition) is 1. The van der Waals surface area contributed by atoms with E-state index >= 15 is 0 Å². The second kappa shape index (κ2) is 44.2. The van der Waals surface area contributed by atoms with Crippen LogP contribution in [0.4, 0.5) is 0 Å². The maximum Gasteiger partial charge on any atom is 0.309 e. The summed E-state index contributed by atoms with van der Waals surface area (Å²) in [6, 6.07) is 0. The van der Waals surface area contributed by atoms with Gasteiger partial charge in [-0.1, -0.05) is 93.2 Å². The van der Waals surface area contributed by atoms with Crippen molar-refractivity contribution in [2.24, 2.45) is 23.7 Å². The van der Waals surface area contributed by atoms with Crippen LogP contribution in [0, 0.1) is 23.7 Å². The summed E-state index contributed by atoms with van der Waals surface area (Å²) in [6.45, 7) is 20.5. The quantitative estimate of drug-likeness (QED) is 0.0266. The molecular formula is C74H117N3O11. The van der Waals surface area contributed by atoms with Crippen LogP contribution >= 0.6 is 0 Å². The van der Waals surface area contributed by atoms with Crippen LogP contribution in [0.25, 0.3) is 0 Å². The molecule has 2 amide bonds. The highest BCUT2D eigenvalue weighted by atomic mass is 16.5. The van der Waals surface area contributed by atoms with Gasteiger partial charge >= 0.3 is 23.9 Å². The van der Waals surface area contributed by atoms with Crippen molar-refractivity contribution in [2.75, 3.05) is 78.8 Å². The molecule has 88 heavy (non-hydrogen) atoms. The van der Waals surface area contributed by atoms with Gasteiger partial charge in [0.25, 0.3) is 0 Å². The SMILES string of the molecule is CC(C)=CCCC1=CCC(C(=O)OCCCN(CCCOC(=O)C2CC=C(CCC=C(C)C)CC2)C(=O)CCN(CCCCO)CCC(=O)N(CCCOC(=O)C2CC=C(CCC=C(C)C)CC2)CCCOC(=O)C2CC=C(CCC=C(C)C)CC2)CC1. The molecule has 0 aromatic rings. The lowest BCUT2D eigenvalue weighted by Gasteiger charge is -2.28. The van der Waals surface area contributed by atoms with Crippen LogP contribution in [0.2, 0.25) is 0 Å². The molecule has 0 bridgehead atoms. The molecule has 14 nitrogen and oxygen atoms in total. The number of amides is 2. The molecule has 0 saturated heterocycles. The van der Waals surface area contributed by atoms with Crippen LogP contribution in [0.1, 0.15) is 235 Å². The lowest BCUT2D eigenvalue weighted by atomic mass is 9.88. The zero-order valence-corrected chi connectivity index (χ0v) is 56.1. The molecule has 0 aliphatic heterocycles. The number of aliphatic hydroxyl groups is 1. The van der Waals surface area contributed by atoms with Gasteiger partial charge in [0.2, 0.25) is 11.8 Å². The first-order valence-corrected chi connectivity index (χ1v) is 34.2. The first-order chi connectivity index (χ1) is 42.4. The zero-order valence-electron chi connectivity index (χ0n) is 56.1. The van der Waals surface area contributed by atoms with Crippen molar-refractivity contribution in [3.8, 4) is 0 Å². The molecule has 4 rings (SSSR count). The Kier molecular flexibility index (Phi) is 37.7. The summed E-state index contributed by atoms with van der Waals surface area (Å²) >= 11 is 0. The van der Waals surface area contributed by atoms with E-state index in [1.165, 1.54) is 44.6 Å². The Balaban J connectivity index is 1.36.